The Morgan fingerprint density at radius 1 is 1.30 bits per heavy atom. The molecule has 3 nitrogen and oxygen atoms in total. The number of benzene rings is 1. The van der Waals surface area contributed by atoms with Crippen molar-refractivity contribution in [2.45, 2.75) is 31.1 Å². The molecule has 0 radical (unpaired) electrons. The number of carbonyl (C=O) groups excluding carboxylic acids is 1. The Morgan fingerprint density at radius 3 is 2.60 bits per heavy atom. The summed E-state index contributed by atoms with van der Waals surface area (Å²) >= 11 is 1.80. The molecule has 0 aliphatic heterocycles. The van der Waals surface area contributed by atoms with Gasteiger partial charge >= 0.3 is 0 Å². The maximum absolute atomic E-state index is 12.4. The van der Waals surface area contributed by atoms with E-state index in [-0.39, 0.29) is 17.9 Å². The van der Waals surface area contributed by atoms with Crippen molar-refractivity contribution in [2.24, 2.45) is 23.5 Å². The molecule has 108 valence electrons. The van der Waals surface area contributed by atoms with Crippen molar-refractivity contribution in [2.75, 3.05) is 11.6 Å². The second-order valence-corrected chi connectivity index (χ2v) is 6.92. The number of amides is 1. The lowest BCUT2D eigenvalue weighted by atomic mass is 9.84. The highest BCUT2D eigenvalue weighted by molar-refractivity contribution is 7.97. The van der Waals surface area contributed by atoms with Crippen molar-refractivity contribution in [3.05, 3.63) is 29.8 Å². The number of thioether (sulfide) groups is 1. The first-order valence-electron chi connectivity index (χ1n) is 7.33. The van der Waals surface area contributed by atoms with Crippen molar-refractivity contribution < 1.29 is 4.79 Å². The highest BCUT2D eigenvalue weighted by Gasteiger charge is 2.49. The minimum absolute atomic E-state index is 0.0135. The highest BCUT2D eigenvalue weighted by atomic mass is 32.2. The summed E-state index contributed by atoms with van der Waals surface area (Å²) in [5.74, 6) is 2.21. The van der Waals surface area contributed by atoms with Gasteiger partial charge in [0.15, 0.2) is 0 Å². The molecule has 2 aliphatic rings. The Morgan fingerprint density at radius 2 is 2.00 bits per heavy atom. The summed E-state index contributed by atoms with van der Waals surface area (Å²) in [5, 5.41) is 3.04. The number of fused-ring (bicyclic) bond motifs is 2. The van der Waals surface area contributed by atoms with Gasteiger partial charge in [0.05, 0.1) is 5.92 Å². The molecule has 4 heteroatoms. The molecule has 20 heavy (non-hydrogen) atoms. The SMILES string of the molecule is CSCc1ccc(NC(=O)C2C3CCC(C3)C2N)cc1. The zero-order valence-corrected chi connectivity index (χ0v) is 12.7. The monoisotopic (exact) mass is 290 g/mol. The van der Waals surface area contributed by atoms with E-state index in [4.69, 9.17) is 5.73 Å². The van der Waals surface area contributed by atoms with Crippen LogP contribution < -0.4 is 11.1 Å². The Labute approximate surface area is 124 Å². The maximum Gasteiger partial charge on any atom is 0.229 e. The minimum Gasteiger partial charge on any atom is -0.327 e. The fourth-order valence-electron chi connectivity index (χ4n) is 3.80. The molecule has 0 aromatic heterocycles. The van der Waals surface area contributed by atoms with Crippen molar-refractivity contribution >= 4 is 23.4 Å². The van der Waals surface area contributed by atoms with E-state index < -0.39 is 0 Å². The summed E-state index contributed by atoms with van der Waals surface area (Å²) in [5.41, 5.74) is 8.39. The predicted molar refractivity (Wildman–Crippen MR) is 84.6 cm³/mol. The van der Waals surface area contributed by atoms with E-state index in [0.717, 1.165) is 17.9 Å². The summed E-state index contributed by atoms with van der Waals surface area (Å²) in [6, 6.07) is 8.19. The number of nitrogens with one attached hydrogen (secondary N) is 1. The van der Waals surface area contributed by atoms with E-state index in [0.29, 0.717) is 11.8 Å². The molecule has 3 N–H and O–H groups in total. The molecule has 0 spiro atoms. The zero-order chi connectivity index (χ0) is 14.1. The van der Waals surface area contributed by atoms with E-state index in [2.05, 4.69) is 23.7 Å². The molecule has 4 atom stereocenters. The molecule has 2 saturated carbocycles. The van der Waals surface area contributed by atoms with Crippen LogP contribution in [0.15, 0.2) is 24.3 Å². The van der Waals surface area contributed by atoms with Crippen LogP contribution in [0.25, 0.3) is 0 Å². The lowest BCUT2D eigenvalue weighted by Gasteiger charge is -2.27. The van der Waals surface area contributed by atoms with Crippen LogP contribution in [0.1, 0.15) is 24.8 Å². The Kier molecular flexibility index (Phi) is 4.03. The van der Waals surface area contributed by atoms with Crippen molar-refractivity contribution in [3.63, 3.8) is 0 Å². The first-order chi connectivity index (χ1) is 9.69. The van der Waals surface area contributed by atoms with Crippen LogP contribution in [-0.2, 0) is 10.5 Å². The molecule has 2 bridgehead atoms. The van der Waals surface area contributed by atoms with Gasteiger partial charge in [0, 0.05) is 17.5 Å². The van der Waals surface area contributed by atoms with Crippen LogP contribution in [-0.4, -0.2) is 18.2 Å². The van der Waals surface area contributed by atoms with Gasteiger partial charge in [-0.15, -0.1) is 0 Å². The van der Waals surface area contributed by atoms with Crippen LogP contribution in [0.3, 0.4) is 0 Å². The number of hydrogen-bond acceptors (Lipinski definition) is 3. The Balaban J connectivity index is 1.64. The number of anilines is 1. The average Bonchev–Trinajstić information content (AvgIpc) is 3.02. The van der Waals surface area contributed by atoms with E-state index in [1.165, 1.54) is 18.4 Å². The van der Waals surface area contributed by atoms with Crippen LogP contribution in [0, 0.1) is 17.8 Å². The molecule has 0 saturated heterocycles. The number of nitrogens with two attached hydrogens (primary N) is 1. The molecule has 1 aromatic rings. The molecule has 4 unspecified atom stereocenters. The van der Waals surface area contributed by atoms with Crippen molar-refractivity contribution in [1.29, 1.82) is 0 Å². The molecular weight excluding hydrogens is 268 g/mol. The van der Waals surface area contributed by atoms with Crippen molar-refractivity contribution in [3.8, 4) is 0 Å². The standard InChI is InChI=1S/C16H22N2OS/c1-20-9-10-2-6-13(7-3-10)18-16(19)14-11-4-5-12(8-11)15(14)17/h2-3,6-7,11-12,14-15H,4-5,8-9,17H2,1H3,(H,18,19). The topological polar surface area (TPSA) is 55.1 Å². The fraction of sp³-hybridized carbons (Fsp3) is 0.562. The molecular formula is C16H22N2OS. The van der Waals surface area contributed by atoms with E-state index in [1.807, 2.05) is 12.1 Å². The third-order valence-corrected chi connectivity index (χ3v) is 5.44. The third-order valence-electron chi connectivity index (χ3n) is 4.82. The second-order valence-electron chi connectivity index (χ2n) is 6.06. The van der Waals surface area contributed by atoms with E-state index in [1.54, 1.807) is 11.8 Å². The van der Waals surface area contributed by atoms with Gasteiger partial charge in [-0.3, -0.25) is 4.79 Å². The summed E-state index contributed by atoms with van der Waals surface area (Å²) < 4.78 is 0. The quantitative estimate of drug-likeness (QED) is 0.896. The molecule has 2 aliphatic carbocycles. The minimum atomic E-state index is 0.0135. The smallest absolute Gasteiger partial charge is 0.229 e. The third kappa shape index (κ3) is 2.59. The van der Waals surface area contributed by atoms with Gasteiger partial charge in [-0.05, 0) is 55.1 Å². The van der Waals surface area contributed by atoms with Crippen LogP contribution in [0.2, 0.25) is 0 Å². The van der Waals surface area contributed by atoms with Crippen LogP contribution in [0.4, 0.5) is 5.69 Å². The largest absolute Gasteiger partial charge is 0.327 e. The lowest BCUT2D eigenvalue weighted by molar-refractivity contribution is -0.121. The number of carbonyl (C=O) groups is 1. The van der Waals surface area contributed by atoms with Gasteiger partial charge < -0.3 is 11.1 Å². The van der Waals surface area contributed by atoms with Crippen molar-refractivity contribution in [1.82, 2.24) is 0 Å². The van der Waals surface area contributed by atoms with Crippen LogP contribution in [0.5, 0.6) is 0 Å². The molecule has 1 aromatic carbocycles. The average molecular weight is 290 g/mol. The number of hydrogen-bond donors (Lipinski definition) is 2. The summed E-state index contributed by atoms with van der Waals surface area (Å²) in [7, 11) is 0. The molecule has 1 amide bonds. The molecule has 3 rings (SSSR count). The molecule has 2 fully saturated rings. The zero-order valence-electron chi connectivity index (χ0n) is 11.8. The summed E-state index contributed by atoms with van der Waals surface area (Å²) in [4.78, 5) is 12.4. The van der Waals surface area contributed by atoms with Gasteiger partial charge in [-0.2, -0.15) is 11.8 Å². The van der Waals surface area contributed by atoms with Gasteiger partial charge in [0.2, 0.25) is 5.91 Å². The van der Waals surface area contributed by atoms with Gasteiger partial charge in [0.25, 0.3) is 0 Å². The highest BCUT2D eigenvalue weighted by Crippen LogP contribution is 2.47. The second kappa shape index (κ2) is 5.78. The van der Waals surface area contributed by atoms with Gasteiger partial charge in [-0.1, -0.05) is 12.1 Å². The van der Waals surface area contributed by atoms with E-state index >= 15 is 0 Å². The molecule has 0 heterocycles. The lowest BCUT2D eigenvalue weighted by Crippen LogP contribution is -2.42. The van der Waals surface area contributed by atoms with Crippen LogP contribution >= 0.6 is 11.8 Å². The summed E-state index contributed by atoms with van der Waals surface area (Å²) in [6.45, 7) is 0. The first-order valence-corrected chi connectivity index (χ1v) is 8.72. The Hall–Kier alpha value is -1.00. The normalized spacial score (nSPS) is 31.5. The number of rotatable bonds is 4. The Bertz CT molecular complexity index is 486. The van der Waals surface area contributed by atoms with Gasteiger partial charge in [-0.25, -0.2) is 0 Å². The fourth-order valence-corrected chi connectivity index (χ4v) is 4.33. The first kappa shape index (κ1) is 14.0. The maximum atomic E-state index is 12.4. The van der Waals surface area contributed by atoms with E-state index in [9.17, 15) is 4.79 Å². The van der Waals surface area contributed by atoms with Gasteiger partial charge in [0.1, 0.15) is 0 Å². The predicted octanol–water partition coefficient (Wildman–Crippen LogP) is 2.86. The summed E-state index contributed by atoms with van der Waals surface area (Å²) in [6.07, 6.45) is 5.61.